The molecular weight excluding hydrogens is 1710 g/mol. The SMILES string of the molecule is CC.CC.CC.CC.CC.CC.CC.CCC(C)(C)C(=O)OC(C)(C)C1CC2CCC1C2.CCC(C)(C)C(=O)OC(C)(C)C1CCCC1.CCC(C)(C)C(=O)OC(C)(C)C1CCCCC1.CCC(C)(C)C(=O)OC1(C)CC2CC1C1C3CCC(C3)C21.CCC(C)(C)C(=O)OC1(C)CCC23CC1C(C)(C)C2CCC3C.CCC(C)(C)C(=O)OC1(C)CCCC1.CCC(C)(C)C(=O)OC1(C)CCCCC1. The van der Waals surface area contributed by atoms with E-state index < -0.39 is 0 Å². The summed E-state index contributed by atoms with van der Waals surface area (Å²) in [6, 6.07) is 0. The van der Waals surface area contributed by atoms with Gasteiger partial charge in [-0.05, 0) is 448 Å². The van der Waals surface area contributed by atoms with E-state index in [0.717, 1.165) is 137 Å². The third-order valence-corrected chi connectivity index (χ3v) is 37.4. The van der Waals surface area contributed by atoms with Crippen molar-refractivity contribution in [3.8, 4) is 0 Å². The number of hydrogen-bond acceptors (Lipinski definition) is 14. The molecule has 13 saturated carbocycles. The van der Waals surface area contributed by atoms with Crippen molar-refractivity contribution in [2.45, 2.75) is 622 Å². The number of esters is 7. The zero-order chi connectivity index (χ0) is 108. The molecule has 0 N–H and O–H groups in total. The first-order chi connectivity index (χ1) is 64.0. The van der Waals surface area contributed by atoms with Crippen LogP contribution in [0.4, 0.5) is 0 Å². The van der Waals surface area contributed by atoms with E-state index in [4.69, 9.17) is 33.2 Å². The van der Waals surface area contributed by atoms with Crippen LogP contribution >= 0.6 is 0 Å². The lowest BCUT2D eigenvalue weighted by atomic mass is 9.64. The molecule has 13 aliphatic carbocycles. The van der Waals surface area contributed by atoms with Crippen LogP contribution in [0.3, 0.4) is 0 Å². The lowest BCUT2D eigenvalue weighted by molar-refractivity contribution is -0.184. The van der Waals surface area contributed by atoms with Crippen molar-refractivity contribution in [1.82, 2.24) is 0 Å². The molecule has 1 spiro atoms. The van der Waals surface area contributed by atoms with Crippen LogP contribution in [0.25, 0.3) is 0 Å². The fraction of sp³-hybridized carbons (Fsp3) is 0.944. The Hall–Kier alpha value is -3.71. The Morgan fingerprint density at radius 2 is 0.587 bits per heavy atom. The summed E-state index contributed by atoms with van der Waals surface area (Å²) in [4.78, 5) is 85.5. The Balaban J connectivity index is 0.00000156. The summed E-state index contributed by atoms with van der Waals surface area (Å²) in [5.41, 5.74) is -3.31. The van der Waals surface area contributed by atoms with Crippen molar-refractivity contribution in [2.75, 3.05) is 0 Å². The van der Waals surface area contributed by atoms with Crippen molar-refractivity contribution in [3.63, 3.8) is 0 Å². The van der Waals surface area contributed by atoms with E-state index in [1.54, 1.807) is 0 Å². The summed E-state index contributed by atoms with van der Waals surface area (Å²) in [6.45, 7) is 98.5. The van der Waals surface area contributed by atoms with E-state index in [-0.39, 0.29) is 124 Å². The topological polar surface area (TPSA) is 184 Å². The zero-order valence-corrected chi connectivity index (χ0v) is 101. The molecule has 0 aliphatic heterocycles. The first-order valence-corrected chi connectivity index (χ1v) is 58.6. The van der Waals surface area contributed by atoms with Gasteiger partial charge in [-0.1, -0.05) is 211 Å². The van der Waals surface area contributed by atoms with Crippen LogP contribution in [0.15, 0.2) is 0 Å². The van der Waals surface area contributed by atoms with Gasteiger partial charge in [-0.2, -0.15) is 0 Å². The van der Waals surface area contributed by atoms with E-state index in [0.29, 0.717) is 35.0 Å². The van der Waals surface area contributed by atoms with Gasteiger partial charge < -0.3 is 33.2 Å². The summed E-state index contributed by atoms with van der Waals surface area (Å²) in [5.74, 6) is 10.7. The smallest absolute Gasteiger partial charge is 0.312 e. The van der Waals surface area contributed by atoms with Crippen LogP contribution in [-0.2, 0) is 66.7 Å². The molecule has 0 saturated heterocycles. The van der Waals surface area contributed by atoms with Gasteiger partial charge in [-0.15, -0.1) is 0 Å². The van der Waals surface area contributed by atoms with E-state index in [2.05, 4.69) is 104 Å². The quantitative estimate of drug-likeness (QED) is 0.0505. The van der Waals surface area contributed by atoms with Crippen LogP contribution in [0.1, 0.15) is 583 Å². The van der Waals surface area contributed by atoms with Crippen molar-refractivity contribution in [3.05, 3.63) is 0 Å². The van der Waals surface area contributed by atoms with Crippen molar-refractivity contribution >= 4 is 41.8 Å². The number of hydrogen-bond donors (Lipinski definition) is 0. The summed E-state index contributed by atoms with van der Waals surface area (Å²) in [6.07, 6.45) is 45.8. The van der Waals surface area contributed by atoms with Gasteiger partial charge in [0, 0.05) is 17.8 Å². The van der Waals surface area contributed by atoms with E-state index >= 15 is 0 Å². The number of carbonyl (C=O) groups is 7. The fourth-order valence-corrected chi connectivity index (χ4v) is 24.9. The predicted octanol–water partition coefficient (Wildman–Crippen LogP) is 36.6. The van der Waals surface area contributed by atoms with E-state index in [1.807, 2.05) is 228 Å². The minimum Gasteiger partial charge on any atom is -0.459 e. The molecule has 13 rings (SSSR count). The minimum absolute atomic E-state index is 0.000595. The summed E-state index contributed by atoms with van der Waals surface area (Å²) in [7, 11) is 0. The van der Waals surface area contributed by atoms with Crippen LogP contribution in [0.2, 0.25) is 0 Å². The number of carbonyl (C=O) groups excluding carboxylic acids is 7. The second-order valence-electron chi connectivity index (χ2n) is 50.7. The molecule has 15 unspecified atom stereocenters. The van der Waals surface area contributed by atoms with Crippen LogP contribution < -0.4 is 0 Å². The number of rotatable bonds is 24. The van der Waals surface area contributed by atoms with Gasteiger partial charge in [0.15, 0.2) is 0 Å². The second-order valence-corrected chi connectivity index (χ2v) is 50.7. The summed E-state index contributed by atoms with van der Waals surface area (Å²) < 4.78 is 41.2. The first-order valence-electron chi connectivity index (χ1n) is 58.6. The highest BCUT2D eigenvalue weighted by Crippen LogP contribution is 2.74. The monoisotopic (exact) mass is 1950 g/mol. The van der Waals surface area contributed by atoms with Crippen LogP contribution in [-0.4, -0.2) is 81.0 Å². The lowest BCUT2D eigenvalue weighted by Gasteiger charge is -2.47. The summed E-state index contributed by atoms with van der Waals surface area (Å²) >= 11 is 0. The Bertz CT molecular complexity index is 3500. The Morgan fingerprint density at radius 1 is 0.275 bits per heavy atom. The van der Waals surface area contributed by atoms with Crippen molar-refractivity contribution < 1.29 is 66.7 Å². The third-order valence-electron chi connectivity index (χ3n) is 37.4. The maximum absolute atomic E-state index is 12.7. The number of fused-ring (bicyclic) bond motifs is 12. The van der Waals surface area contributed by atoms with Crippen molar-refractivity contribution in [1.29, 1.82) is 0 Å². The molecule has 0 heterocycles. The molecule has 0 radical (unpaired) electrons. The highest BCUT2D eigenvalue weighted by atomic mass is 16.6. The molecule has 14 nitrogen and oxygen atoms in total. The predicted molar refractivity (Wildman–Crippen MR) is 585 cm³/mol. The zero-order valence-electron chi connectivity index (χ0n) is 101. The molecule has 816 valence electrons. The second kappa shape index (κ2) is 57.6. The molecule has 8 bridgehead atoms. The summed E-state index contributed by atoms with van der Waals surface area (Å²) in [5, 5.41) is 0. The lowest BCUT2D eigenvalue weighted by Crippen LogP contribution is -2.49. The molecule has 15 atom stereocenters. The Morgan fingerprint density at radius 3 is 0.935 bits per heavy atom. The van der Waals surface area contributed by atoms with Gasteiger partial charge in [-0.25, -0.2) is 0 Å². The van der Waals surface area contributed by atoms with E-state index in [9.17, 15) is 33.6 Å². The molecule has 14 heteroatoms. The maximum atomic E-state index is 12.7. The van der Waals surface area contributed by atoms with Gasteiger partial charge in [0.1, 0.15) is 39.2 Å². The van der Waals surface area contributed by atoms with Gasteiger partial charge in [0.2, 0.25) is 0 Å². The Labute approximate surface area is 857 Å². The van der Waals surface area contributed by atoms with Crippen LogP contribution in [0.5, 0.6) is 0 Å². The highest BCUT2D eigenvalue weighted by Gasteiger charge is 2.70. The van der Waals surface area contributed by atoms with E-state index in [1.165, 1.54) is 167 Å². The minimum atomic E-state index is -0.371. The first kappa shape index (κ1) is 134. The molecular formula is C124H236O14. The largest absolute Gasteiger partial charge is 0.459 e. The molecule has 13 fully saturated rings. The average molecular weight is 1950 g/mol. The fourth-order valence-electron chi connectivity index (χ4n) is 24.9. The Kier molecular flexibility index (Phi) is 56.0. The highest BCUT2D eigenvalue weighted by molar-refractivity contribution is 5.79. The molecule has 0 aromatic heterocycles. The van der Waals surface area contributed by atoms with Crippen molar-refractivity contribution in [2.24, 2.45) is 132 Å². The van der Waals surface area contributed by atoms with Gasteiger partial charge >= 0.3 is 41.8 Å². The van der Waals surface area contributed by atoms with Crippen LogP contribution in [0, 0.1) is 132 Å². The number of ether oxygens (including phenoxy) is 7. The standard InChI is InChI=1S/C21H36O2.C19H30O2.C16H28O2.C15H28O2.C14H26O2.C13H24O2.C12H22O2.7C2H6/c1-8-18(3,4)17(22)23-20(7)11-12-21-13-16(20)19(5,6)15(21)10-9-14(21)2;1-5-18(2,3)17(20)21-19(4)10-13-9-14(19)16-12-7-6-11(8-12)15(13)16;1-6-15(2,3)14(17)18-16(4,5)13-10-11-7-8-12(13)9-11;1-6-14(2,3)13(16)17-15(4,5)12-10-8-7-9-11-12;1-6-13(2,3)12(15)16-14(4,5)11-9-7-8-10-11;1-5-12(2,3)11(14)15-13(4)9-7-6-8-10-13;1-5-11(2,3)10(13)14-12(4)8-6-7-9-12;7*1-2/h14-16H,8-13H2,1-7H3;11-16H,5-10H2,1-4H3;11-13H,6-10H2,1-5H3;12H,6-11H2,1-5H3;11H,6-10H2,1-5H3;5-10H2,1-4H3;5-9H2,1-4H3;7*1-2H3. The molecule has 138 heavy (non-hydrogen) atoms. The van der Waals surface area contributed by atoms with Gasteiger partial charge in [0.25, 0.3) is 0 Å². The normalized spacial score (nSPS) is 28.6. The molecule has 0 amide bonds. The molecule has 0 aromatic carbocycles. The molecule has 13 aliphatic rings. The van der Waals surface area contributed by atoms with Gasteiger partial charge in [0.05, 0.1) is 37.9 Å². The maximum Gasteiger partial charge on any atom is 0.312 e. The van der Waals surface area contributed by atoms with Gasteiger partial charge in [-0.3, -0.25) is 33.6 Å². The third kappa shape index (κ3) is 35.3. The molecule has 0 aromatic rings. The average Bonchev–Trinajstić information content (AvgIpc) is 1.53.